The highest BCUT2D eigenvalue weighted by molar-refractivity contribution is 5.91. The average molecular weight is 693 g/mol. The van der Waals surface area contributed by atoms with E-state index in [2.05, 4.69) is 27.9 Å². The van der Waals surface area contributed by atoms with Crippen LogP contribution in [0.2, 0.25) is 0 Å². The number of H-pyrrole nitrogens is 1. The van der Waals surface area contributed by atoms with E-state index in [0.29, 0.717) is 38.5 Å². The Balaban J connectivity index is 1.36. The number of aromatic amines is 1. The number of nitrogens with one attached hydrogen (secondary N) is 4. The maximum atomic E-state index is 14.4. The molecule has 3 atom stereocenters. The second kappa shape index (κ2) is 19.3. The van der Waals surface area contributed by atoms with E-state index in [4.69, 9.17) is 9.57 Å². The zero-order chi connectivity index (χ0) is 35.8. The molecule has 0 fully saturated rings. The smallest absolute Gasteiger partial charge is 0.266 e. The zero-order valence-electron chi connectivity index (χ0n) is 29.1. The van der Waals surface area contributed by atoms with Crippen molar-refractivity contribution in [2.45, 2.75) is 70.4 Å². The molecule has 5 rings (SSSR count). The number of hydroxylamine groups is 2. The molecule has 5 N–H and O–H groups in total. The second-order valence-corrected chi connectivity index (χ2v) is 12.9. The fourth-order valence-electron chi connectivity index (χ4n) is 6.67. The van der Waals surface area contributed by atoms with Crippen molar-refractivity contribution < 1.29 is 29.2 Å². The summed E-state index contributed by atoms with van der Waals surface area (Å²) in [7, 11) is 1.62. The summed E-state index contributed by atoms with van der Waals surface area (Å²) >= 11 is 0. The molecule has 0 spiro atoms. The van der Waals surface area contributed by atoms with Gasteiger partial charge in [0.1, 0.15) is 11.8 Å². The van der Waals surface area contributed by atoms with Crippen molar-refractivity contribution in [1.82, 2.24) is 21.3 Å². The molecule has 1 aromatic heterocycles. The highest BCUT2D eigenvalue weighted by Crippen LogP contribution is 2.26. The number of aromatic nitrogens is 1. The number of hydrogen-bond acceptors (Lipinski definition) is 6. The first kappa shape index (κ1) is 37.1. The molecule has 51 heavy (non-hydrogen) atoms. The highest BCUT2D eigenvalue weighted by atomic mass is 16.6. The molecule has 1 aliphatic carbocycles. The van der Waals surface area contributed by atoms with Crippen molar-refractivity contribution >= 4 is 29.9 Å². The molecule has 1 heterocycles. The molecule has 0 bridgehead atoms. The molecule has 10 nitrogen and oxygen atoms in total. The van der Waals surface area contributed by atoms with Crippen molar-refractivity contribution in [2.75, 3.05) is 7.11 Å². The lowest BCUT2D eigenvalue weighted by atomic mass is 9.82. The second-order valence-electron chi connectivity index (χ2n) is 12.9. The summed E-state index contributed by atoms with van der Waals surface area (Å²) in [6.07, 6.45) is 11.5. The number of carbonyl (C=O) groups is 3. The summed E-state index contributed by atoms with van der Waals surface area (Å²) in [5, 5.41) is 14.8. The molecule has 0 unspecified atom stereocenters. The Morgan fingerprint density at radius 2 is 1.37 bits per heavy atom. The summed E-state index contributed by atoms with van der Waals surface area (Å²) in [4.78, 5) is 50.2. The quantitative estimate of drug-likeness (QED) is 0.0728. The number of carbonyl (C=O) groups excluding carboxylic acids is 3. The predicted molar refractivity (Wildman–Crippen MR) is 195 cm³/mol. The molecule has 1 aliphatic rings. The van der Waals surface area contributed by atoms with Gasteiger partial charge in [0.25, 0.3) is 5.91 Å². The standard InChI is InChI=1S/C41H48N4O6/c1-50-33-24-22-30(23-25-33)17-11-19-35(36(40(47)44-49)20-10-16-29-12-4-2-5-13-29)39(46)43-38(26-32-27-42-37-21-9-8-18-34(32)37)41(48)45-51-28-31-14-6-3-7-15-31/h2-7,12-15,18,21-25,27,35-36,38,42,49H,8-11,16-17,19-20,26,28H2,1H3,(H,43,46)(H,44,47)(H,45,48)/t35-,36+,38+/m1/s1. The monoisotopic (exact) mass is 692 g/mol. The normalized spacial score (nSPS) is 13.8. The summed E-state index contributed by atoms with van der Waals surface area (Å²) in [5.74, 6) is -2.43. The third kappa shape index (κ3) is 10.9. The number of hydrogen-bond donors (Lipinski definition) is 5. The van der Waals surface area contributed by atoms with Crippen molar-refractivity contribution in [2.24, 2.45) is 11.8 Å². The van der Waals surface area contributed by atoms with Gasteiger partial charge in [0.15, 0.2) is 0 Å². The molecular formula is C41H48N4O6. The molecule has 268 valence electrons. The maximum absolute atomic E-state index is 14.4. The highest BCUT2D eigenvalue weighted by Gasteiger charge is 2.35. The Hall–Kier alpha value is -5.19. The van der Waals surface area contributed by atoms with E-state index in [9.17, 15) is 19.6 Å². The SMILES string of the molecule is COc1ccc(CCC[C@@H](C(=O)N[C@@H](Cc2c[nH]c3c2=CCCC=3)C(=O)NOCc2ccccc2)[C@H](CCCc2ccccc2)C(=O)NO)cc1. The number of aryl methyl sites for hydroxylation is 2. The van der Waals surface area contributed by atoms with Crippen LogP contribution in [0.1, 0.15) is 60.8 Å². The van der Waals surface area contributed by atoms with Gasteiger partial charge < -0.3 is 15.0 Å². The third-order valence-electron chi connectivity index (χ3n) is 9.45. The van der Waals surface area contributed by atoms with Crippen LogP contribution in [0, 0.1) is 11.8 Å². The van der Waals surface area contributed by atoms with Crippen LogP contribution < -0.4 is 31.6 Å². The van der Waals surface area contributed by atoms with Crippen molar-refractivity contribution in [3.05, 3.63) is 124 Å². The Morgan fingerprint density at radius 3 is 2.02 bits per heavy atom. The van der Waals surface area contributed by atoms with Crippen LogP contribution in [0.3, 0.4) is 0 Å². The van der Waals surface area contributed by atoms with Gasteiger partial charge in [-0.1, -0.05) is 84.9 Å². The average Bonchev–Trinajstić information content (AvgIpc) is 3.58. The summed E-state index contributed by atoms with van der Waals surface area (Å²) in [6, 6.07) is 26.2. The minimum Gasteiger partial charge on any atom is -0.497 e. The van der Waals surface area contributed by atoms with E-state index >= 15 is 0 Å². The van der Waals surface area contributed by atoms with Crippen LogP contribution >= 0.6 is 0 Å². The third-order valence-corrected chi connectivity index (χ3v) is 9.45. The van der Waals surface area contributed by atoms with Crippen LogP contribution in [-0.4, -0.2) is 41.1 Å². The topological polar surface area (TPSA) is 142 Å². The number of ether oxygens (including phenoxy) is 1. The molecule has 4 aromatic rings. The van der Waals surface area contributed by atoms with E-state index in [1.165, 1.54) is 0 Å². The van der Waals surface area contributed by atoms with E-state index in [0.717, 1.165) is 51.4 Å². The van der Waals surface area contributed by atoms with Gasteiger partial charge in [0.2, 0.25) is 11.8 Å². The number of methoxy groups -OCH3 is 1. The fourth-order valence-corrected chi connectivity index (χ4v) is 6.67. The first-order valence-corrected chi connectivity index (χ1v) is 17.7. The Bertz CT molecular complexity index is 1830. The van der Waals surface area contributed by atoms with Crippen molar-refractivity contribution in [3.63, 3.8) is 0 Å². The maximum Gasteiger partial charge on any atom is 0.266 e. The Kier molecular flexibility index (Phi) is 14.0. The minimum atomic E-state index is -0.991. The first-order valence-electron chi connectivity index (χ1n) is 17.7. The lowest BCUT2D eigenvalue weighted by Crippen LogP contribution is -2.52. The molecular weight excluding hydrogens is 644 g/mol. The lowest BCUT2D eigenvalue weighted by molar-refractivity contribution is -0.143. The van der Waals surface area contributed by atoms with E-state index in [1.54, 1.807) is 7.11 Å². The van der Waals surface area contributed by atoms with Gasteiger partial charge in [-0.25, -0.2) is 11.0 Å². The summed E-state index contributed by atoms with van der Waals surface area (Å²) in [5.41, 5.74) is 8.33. The van der Waals surface area contributed by atoms with E-state index in [-0.39, 0.29) is 13.0 Å². The zero-order valence-corrected chi connectivity index (χ0v) is 29.1. The molecule has 0 radical (unpaired) electrons. The lowest BCUT2D eigenvalue weighted by Gasteiger charge is -2.27. The molecule has 0 saturated heterocycles. The number of benzene rings is 3. The van der Waals surface area contributed by atoms with Gasteiger partial charge >= 0.3 is 0 Å². The van der Waals surface area contributed by atoms with Crippen LogP contribution in [0.4, 0.5) is 0 Å². The summed E-state index contributed by atoms with van der Waals surface area (Å²) < 4.78 is 5.29. The van der Waals surface area contributed by atoms with E-state index in [1.807, 2.05) is 96.6 Å². The van der Waals surface area contributed by atoms with Crippen LogP contribution in [0.15, 0.2) is 91.1 Å². The predicted octanol–water partition coefficient (Wildman–Crippen LogP) is 4.44. The van der Waals surface area contributed by atoms with Crippen LogP contribution in [0.5, 0.6) is 5.75 Å². The number of fused-ring (bicyclic) bond motifs is 1. The minimum absolute atomic E-state index is 0.156. The molecule has 3 amide bonds. The van der Waals surface area contributed by atoms with Gasteiger partial charge in [-0.3, -0.25) is 24.4 Å². The fraction of sp³-hybridized carbons (Fsp3) is 0.341. The first-order chi connectivity index (χ1) is 24.9. The summed E-state index contributed by atoms with van der Waals surface area (Å²) in [6.45, 7) is 0.156. The largest absolute Gasteiger partial charge is 0.497 e. The molecule has 0 saturated carbocycles. The van der Waals surface area contributed by atoms with E-state index < -0.39 is 35.6 Å². The van der Waals surface area contributed by atoms with Gasteiger partial charge in [0, 0.05) is 23.9 Å². The molecule has 3 aromatic carbocycles. The van der Waals surface area contributed by atoms with Crippen LogP contribution in [-0.2, 0) is 45.1 Å². The number of rotatable bonds is 19. The Morgan fingerprint density at radius 1 is 0.765 bits per heavy atom. The Labute approximate surface area is 298 Å². The van der Waals surface area contributed by atoms with Gasteiger partial charge in [-0.2, -0.15) is 0 Å². The van der Waals surface area contributed by atoms with Crippen LogP contribution in [0.25, 0.3) is 12.2 Å². The molecule has 10 heteroatoms. The van der Waals surface area contributed by atoms with Crippen molar-refractivity contribution in [3.8, 4) is 5.75 Å². The number of amides is 3. The van der Waals surface area contributed by atoms with Gasteiger partial charge in [-0.15, -0.1) is 0 Å². The van der Waals surface area contributed by atoms with Gasteiger partial charge in [0.05, 0.1) is 19.6 Å². The van der Waals surface area contributed by atoms with Crippen molar-refractivity contribution in [1.29, 1.82) is 0 Å². The molecule has 0 aliphatic heterocycles. The van der Waals surface area contributed by atoms with Gasteiger partial charge in [-0.05, 0) is 91.0 Å².